The highest BCUT2D eigenvalue weighted by molar-refractivity contribution is 7.99. The molecule has 1 saturated heterocycles. The van der Waals surface area contributed by atoms with E-state index in [4.69, 9.17) is 0 Å². The van der Waals surface area contributed by atoms with E-state index in [-0.39, 0.29) is 11.8 Å². The molecule has 19 heavy (non-hydrogen) atoms. The average Bonchev–Trinajstić information content (AvgIpc) is 3.13. The molecule has 0 aliphatic carbocycles. The van der Waals surface area contributed by atoms with Gasteiger partial charge in [0.05, 0.1) is 5.69 Å². The molecule has 2 N–H and O–H groups in total. The fourth-order valence-corrected chi connectivity index (χ4v) is 3.39. The minimum Gasteiger partial charge on any atom is -0.326 e. The molecule has 5 heteroatoms. The van der Waals surface area contributed by atoms with E-state index in [0.717, 1.165) is 34.9 Å². The lowest BCUT2D eigenvalue weighted by Gasteiger charge is -2.10. The van der Waals surface area contributed by atoms with E-state index in [1.54, 1.807) is 6.20 Å². The minimum absolute atomic E-state index is 0.131. The van der Waals surface area contributed by atoms with Gasteiger partial charge < -0.3 is 5.32 Å². The van der Waals surface area contributed by atoms with E-state index < -0.39 is 0 Å². The molecule has 3 rings (SSSR count). The maximum absolute atomic E-state index is 12.1. The van der Waals surface area contributed by atoms with Crippen molar-refractivity contribution in [1.29, 1.82) is 0 Å². The molecule has 0 bridgehead atoms. The quantitative estimate of drug-likeness (QED) is 0.904. The Bertz CT molecular complexity index is 562. The molecule has 1 atom stereocenters. The first-order valence-electron chi connectivity index (χ1n) is 6.31. The summed E-state index contributed by atoms with van der Waals surface area (Å²) in [5.74, 6) is 2.31. The predicted molar refractivity (Wildman–Crippen MR) is 78.1 cm³/mol. The highest BCUT2D eigenvalue weighted by atomic mass is 32.2. The van der Waals surface area contributed by atoms with Crippen LogP contribution in [-0.4, -0.2) is 27.6 Å². The van der Waals surface area contributed by atoms with Crippen molar-refractivity contribution in [2.24, 2.45) is 5.92 Å². The molecule has 0 saturated carbocycles. The van der Waals surface area contributed by atoms with Crippen LogP contribution in [0.15, 0.2) is 36.5 Å². The third kappa shape index (κ3) is 2.81. The first-order valence-corrected chi connectivity index (χ1v) is 7.47. The van der Waals surface area contributed by atoms with Crippen LogP contribution in [-0.2, 0) is 4.79 Å². The second-order valence-electron chi connectivity index (χ2n) is 4.60. The molecule has 0 spiro atoms. The number of rotatable bonds is 3. The first-order chi connectivity index (χ1) is 9.33. The zero-order valence-electron chi connectivity index (χ0n) is 10.4. The van der Waals surface area contributed by atoms with E-state index in [9.17, 15) is 4.79 Å². The highest BCUT2D eigenvalue weighted by Gasteiger charge is 2.23. The van der Waals surface area contributed by atoms with Gasteiger partial charge in [0.1, 0.15) is 0 Å². The number of carbonyl (C=O) groups excluding carboxylic acids is 1. The van der Waals surface area contributed by atoms with Crippen LogP contribution < -0.4 is 5.32 Å². The average molecular weight is 273 g/mol. The number of anilines is 1. The second kappa shape index (κ2) is 5.48. The van der Waals surface area contributed by atoms with Gasteiger partial charge in [0.25, 0.3) is 0 Å². The number of hydrogen-bond donors (Lipinski definition) is 2. The summed E-state index contributed by atoms with van der Waals surface area (Å²) in [4.78, 5) is 12.1. The summed E-state index contributed by atoms with van der Waals surface area (Å²) in [5.41, 5.74) is 2.82. The molecule has 0 radical (unpaired) electrons. The van der Waals surface area contributed by atoms with Crippen LogP contribution in [0.25, 0.3) is 11.3 Å². The molecule has 98 valence electrons. The largest absolute Gasteiger partial charge is 0.326 e. The van der Waals surface area contributed by atoms with Crippen molar-refractivity contribution in [3.8, 4) is 11.3 Å². The monoisotopic (exact) mass is 273 g/mol. The Kier molecular flexibility index (Phi) is 3.55. The topological polar surface area (TPSA) is 57.8 Å². The van der Waals surface area contributed by atoms with Crippen molar-refractivity contribution in [3.63, 3.8) is 0 Å². The van der Waals surface area contributed by atoms with Gasteiger partial charge in [0.2, 0.25) is 5.91 Å². The molecular formula is C14H15N3OS. The molecule has 1 unspecified atom stereocenters. The van der Waals surface area contributed by atoms with Crippen molar-refractivity contribution >= 4 is 23.4 Å². The van der Waals surface area contributed by atoms with Crippen LogP contribution in [0, 0.1) is 5.92 Å². The van der Waals surface area contributed by atoms with Gasteiger partial charge in [0.15, 0.2) is 0 Å². The number of thioether (sulfide) groups is 1. The van der Waals surface area contributed by atoms with Gasteiger partial charge in [0, 0.05) is 29.1 Å². The minimum atomic E-state index is 0.131. The van der Waals surface area contributed by atoms with E-state index in [1.165, 1.54) is 0 Å². The lowest BCUT2D eigenvalue weighted by atomic mass is 10.1. The Balaban J connectivity index is 1.74. The Hall–Kier alpha value is -1.75. The lowest BCUT2D eigenvalue weighted by molar-refractivity contribution is -0.119. The van der Waals surface area contributed by atoms with Gasteiger partial charge in [-0.2, -0.15) is 16.9 Å². The van der Waals surface area contributed by atoms with Crippen LogP contribution in [0.3, 0.4) is 0 Å². The molecule has 4 nitrogen and oxygen atoms in total. The number of hydrogen-bond acceptors (Lipinski definition) is 3. The Morgan fingerprint density at radius 1 is 1.42 bits per heavy atom. The fourth-order valence-electron chi connectivity index (χ4n) is 2.17. The van der Waals surface area contributed by atoms with Crippen LogP contribution in [0.4, 0.5) is 5.69 Å². The van der Waals surface area contributed by atoms with E-state index in [2.05, 4.69) is 15.5 Å². The van der Waals surface area contributed by atoms with E-state index in [0.29, 0.717) is 0 Å². The van der Waals surface area contributed by atoms with Gasteiger partial charge in [-0.1, -0.05) is 12.1 Å². The van der Waals surface area contributed by atoms with Crippen LogP contribution in [0.2, 0.25) is 0 Å². The SMILES string of the molecule is O=C(Nc1cccc(-c2ccn[nH]2)c1)C1CCSC1. The van der Waals surface area contributed by atoms with Crippen LogP contribution in [0.1, 0.15) is 6.42 Å². The summed E-state index contributed by atoms with van der Waals surface area (Å²) < 4.78 is 0. The third-order valence-corrected chi connectivity index (χ3v) is 4.40. The first kappa shape index (κ1) is 12.3. The van der Waals surface area contributed by atoms with E-state index >= 15 is 0 Å². The van der Waals surface area contributed by atoms with Crippen molar-refractivity contribution < 1.29 is 4.79 Å². The van der Waals surface area contributed by atoms with Crippen molar-refractivity contribution in [2.75, 3.05) is 16.8 Å². The van der Waals surface area contributed by atoms with E-state index in [1.807, 2.05) is 42.1 Å². The normalized spacial score (nSPS) is 18.4. The van der Waals surface area contributed by atoms with Crippen LogP contribution >= 0.6 is 11.8 Å². The Labute approximate surface area is 116 Å². The number of H-pyrrole nitrogens is 1. The van der Waals surface area contributed by atoms with Gasteiger partial charge in [-0.25, -0.2) is 0 Å². The standard InChI is InChI=1S/C14H15N3OS/c18-14(11-5-7-19-9-11)16-12-3-1-2-10(8-12)13-4-6-15-17-13/h1-4,6,8,11H,5,7,9H2,(H,15,17)(H,16,18). The number of nitrogens with one attached hydrogen (secondary N) is 2. The van der Waals surface area contributed by atoms with Crippen molar-refractivity contribution in [1.82, 2.24) is 10.2 Å². The van der Waals surface area contributed by atoms with Crippen molar-refractivity contribution in [3.05, 3.63) is 36.5 Å². The molecule has 2 aromatic rings. The Morgan fingerprint density at radius 2 is 2.37 bits per heavy atom. The number of benzene rings is 1. The number of nitrogens with zero attached hydrogens (tertiary/aromatic N) is 1. The maximum Gasteiger partial charge on any atom is 0.228 e. The summed E-state index contributed by atoms with van der Waals surface area (Å²) in [5, 5.41) is 9.86. The molecule has 1 aromatic heterocycles. The smallest absolute Gasteiger partial charge is 0.228 e. The number of aromatic nitrogens is 2. The number of carbonyl (C=O) groups is 1. The van der Waals surface area contributed by atoms with Crippen molar-refractivity contribution in [2.45, 2.75) is 6.42 Å². The fraction of sp³-hybridized carbons (Fsp3) is 0.286. The summed E-state index contributed by atoms with van der Waals surface area (Å²) in [7, 11) is 0. The molecule has 1 aliphatic rings. The summed E-state index contributed by atoms with van der Waals surface area (Å²) >= 11 is 1.85. The second-order valence-corrected chi connectivity index (χ2v) is 5.75. The maximum atomic E-state index is 12.1. The molecule has 1 fully saturated rings. The highest BCUT2D eigenvalue weighted by Crippen LogP contribution is 2.26. The van der Waals surface area contributed by atoms with Gasteiger partial charge in [-0.15, -0.1) is 0 Å². The predicted octanol–water partition coefficient (Wildman–Crippen LogP) is 2.77. The molecule has 1 aromatic carbocycles. The molecule has 1 amide bonds. The third-order valence-electron chi connectivity index (χ3n) is 3.24. The summed E-state index contributed by atoms with van der Waals surface area (Å²) in [6, 6.07) is 9.73. The molecule has 1 aliphatic heterocycles. The van der Waals surface area contributed by atoms with Gasteiger partial charge >= 0.3 is 0 Å². The lowest BCUT2D eigenvalue weighted by Crippen LogP contribution is -2.22. The zero-order chi connectivity index (χ0) is 13.1. The molecular weight excluding hydrogens is 258 g/mol. The number of aromatic amines is 1. The summed E-state index contributed by atoms with van der Waals surface area (Å²) in [6.45, 7) is 0. The van der Waals surface area contributed by atoms with Gasteiger partial charge in [-0.05, 0) is 30.4 Å². The molecule has 2 heterocycles. The van der Waals surface area contributed by atoms with Gasteiger partial charge in [-0.3, -0.25) is 9.89 Å². The summed E-state index contributed by atoms with van der Waals surface area (Å²) in [6.07, 6.45) is 2.70. The van der Waals surface area contributed by atoms with Crippen LogP contribution in [0.5, 0.6) is 0 Å². The Morgan fingerprint density at radius 3 is 3.11 bits per heavy atom. The number of amides is 1. The zero-order valence-corrected chi connectivity index (χ0v) is 11.2.